The van der Waals surface area contributed by atoms with Crippen LogP contribution in [0.25, 0.3) is 11.8 Å². The lowest BCUT2D eigenvalue weighted by molar-refractivity contribution is -0.122. The van der Waals surface area contributed by atoms with Crippen molar-refractivity contribution in [2.24, 2.45) is 0 Å². The summed E-state index contributed by atoms with van der Waals surface area (Å²) >= 11 is 12.0. The monoisotopic (exact) mass is 511 g/mol. The van der Waals surface area contributed by atoms with E-state index in [1.807, 2.05) is 24.5 Å². The molecule has 1 aliphatic rings. The number of nitrogens with one attached hydrogen (secondary N) is 1. The second kappa shape index (κ2) is 9.40. The molecule has 1 saturated heterocycles. The molecule has 0 saturated carbocycles. The van der Waals surface area contributed by atoms with Gasteiger partial charge in [0.2, 0.25) is 0 Å². The zero-order valence-corrected chi connectivity index (χ0v) is 20.4. The Bertz CT molecular complexity index is 1420. The predicted octanol–water partition coefficient (Wildman–Crippen LogP) is 4.85. The number of anilines is 1. The smallest absolute Gasteiger partial charge is 0.337 e. The molecule has 1 aromatic heterocycles. The number of ether oxygens (including phenoxy) is 1. The van der Waals surface area contributed by atoms with Gasteiger partial charge in [-0.2, -0.15) is 0 Å². The van der Waals surface area contributed by atoms with Crippen LogP contribution in [0.15, 0.2) is 54.1 Å². The number of halogens is 2. The Balaban J connectivity index is 1.72. The maximum absolute atomic E-state index is 13.2. The zero-order valence-electron chi connectivity index (χ0n) is 18.9. The fourth-order valence-electron chi connectivity index (χ4n) is 3.87. The molecule has 0 aliphatic carbocycles. The number of urea groups is 1. The van der Waals surface area contributed by atoms with Gasteiger partial charge in [0.15, 0.2) is 0 Å². The largest absolute Gasteiger partial charge is 0.465 e. The molecule has 1 fully saturated rings. The highest BCUT2D eigenvalue weighted by Gasteiger charge is 2.37. The second-order valence-corrected chi connectivity index (χ2v) is 8.57. The van der Waals surface area contributed by atoms with Crippen molar-refractivity contribution < 1.29 is 23.9 Å². The highest BCUT2D eigenvalue weighted by Crippen LogP contribution is 2.30. The lowest BCUT2D eigenvalue weighted by atomic mass is 10.1. The maximum atomic E-state index is 13.2. The van der Waals surface area contributed by atoms with Crippen molar-refractivity contribution in [1.29, 1.82) is 0 Å². The van der Waals surface area contributed by atoms with Crippen LogP contribution < -0.4 is 10.2 Å². The number of esters is 1. The Morgan fingerprint density at radius 2 is 1.60 bits per heavy atom. The first-order valence-electron chi connectivity index (χ1n) is 10.4. The molecule has 0 spiro atoms. The van der Waals surface area contributed by atoms with Gasteiger partial charge >= 0.3 is 12.0 Å². The van der Waals surface area contributed by atoms with Crippen LogP contribution in [0.5, 0.6) is 0 Å². The first-order chi connectivity index (χ1) is 16.6. The van der Waals surface area contributed by atoms with Crippen molar-refractivity contribution in [2.75, 3.05) is 12.0 Å². The third-order valence-electron chi connectivity index (χ3n) is 5.58. The van der Waals surface area contributed by atoms with Gasteiger partial charge < -0.3 is 9.30 Å². The summed E-state index contributed by atoms with van der Waals surface area (Å²) in [6.07, 6.45) is 1.44. The molecule has 2 heterocycles. The second-order valence-electron chi connectivity index (χ2n) is 7.76. The number of imide groups is 2. The fourth-order valence-corrected chi connectivity index (χ4v) is 4.16. The van der Waals surface area contributed by atoms with Crippen molar-refractivity contribution in [1.82, 2.24) is 9.88 Å². The van der Waals surface area contributed by atoms with Crippen molar-refractivity contribution in [3.63, 3.8) is 0 Å². The number of methoxy groups -OCH3 is 1. The highest BCUT2D eigenvalue weighted by molar-refractivity contribution is 6.43. The minimum Gasteiger partial charge on any atom is -0.465 e. The molecule has 0 radical (unpaired) electrons. The molecule has 3 aromatic rings. The summed E-state index contributed by atoms with van der Waals surface area (Å²) in [5, 5.41) is 2.61. The minimum absolute atomic E-state index is 0.161. The summed E-state index contributed by atoms with van der Waals surface area (Å²) in [5.74, 6) is -2.03. The number of benzene rings is 2. The average Bonchev–Trinajstić information content (AvgIpc) is 3.11. The van der Waals surface area contributed by atoms with Gasteiger partial charge in [0.25, 0.3) is 11.8 Å². The summed E-state index contributed by atoms with van der Waals surface area (Å²) in [7, 11) is 1.31. The van der Waals surface area contributed by atoms with Crippen LogP contribution in [-0.2, 0) is 14.3 Å². The Morgan fingerprint density at radius 1 is 0.943 bits per heavy atom. The molecule has 4 amide bonds. The number of carbonyl (C=O) groups is 4. The number of nitrogens with zero attached hydrogens (tertiary/aromatic N) is 2. The number of hydrogen-bond donors (Lipinski definition) is 1. The molecule has 10 heteroatoms. The lowest BCUT2D eigenvalue weighted by Crippen LogP contribution is -2.54. The molecular formula is C25H19Cl2N3O5. The minimum atomic E-state index is -0.883. The average molecular weight is 512 g/mol. The Hall–Kier alpha value is -3.88. The van der Waals surface area contributed by atoms with Gasteiger partial charge in [-0.3, -0.25) is 14.9 Å². The van der Waals surface area contributed by atoms with E-state index in [9.17, 15) is 19.2 Å². The molecule has 0 bridgehead atoms. The molecule has 178 valence electrons. The van der Waals surface area contributed by atoms with E-state index in [2.05, 4.69) is 5.32 Å². The van der Waals surface area contributed by atoms with Gasteiger partial charge in [-0.1, -0.05) is 23.2 Å². The molecule has 0 unspecified atom stereocenters. The molecule has 2 aromatic carbocycles. The fraction of sp³-hybridized carbons (Fsp3) is 0.120. The Kier molecular flexibility index (Phi) is 6.51. The van der Waals surface area contributed by atoms with Gasteiger partial charge in [0.05, 0.1) is 28.4 Å². The molecule has 1 N–H and O–H groups in total. The molecule has 8 nitrogen and oxygen atoms in total. The quantitative estimate of drug-likeness (QED) is 0.306. The van der Waals surface area contributed by atoms with Crippen molar-refractivity contribution in [2.45, 2.75) is 13.8 Å². The van der Waals surface area contributed by atoms with E-state index in [0.29, 0.717) is 11.1 Å². The van der Waals surface area contributed by atoms with Crippen LogP contribution >= 0.6 is 23.2 Å². The molecule has 4 rings (SSSR count). The summed E-state index contributed by atoms with van der Waals surface area (Å²) in [6, 6.07) is 12.1. The third-order valence-corrected chi connectivity index (χ3v) is 6.32. The summed E-state index contributed by atoms with van der Waals surface area (Å²) in [5.41, 5.74) is 3.36. The highest BCUT2D eigenvalue weighted by atomic mass is 35.5. The maximum Gasteiger partial charge on any atom is 0.337 e. The van der Waals surface area contributed by atoms with Crippen molar-refractivity contribution in [3.05, 3.63) is 86.7 Å². The SMILES string of the molecule is COC(=O)c1ccc(-n2c(C)cc(/C=C3/C(=O)NC(=O)N(c4ccc(Cl)c(Cl)c4)C3=O)c2C)cc1. The zero-order chi connectivity index (χ0) is 25.4. The van der Waals surface area contributed by atoms with Crippen molar-refractivity contribution in [3.8, 4) is 5.69 Å². The Morgan fingerprint density at radius 3 is 2.23 bits per heavy atom. The molecular weight excluding hydrogens is 493 g/mol. The standard InChI is InChI=1S/C25H19Cl2N3O5/c1-13-10-16(14(2)29(13)17-6-4-15(5-7-17)24(33)35-3)11-19-22(31)28-25(34)30(23(19)32)18-8-9-20(26)21(27)12-18/h4-12H,1-3H3,(H,28,31,34)/b19-11-. The normalized spacial score (nSPS) is 14.9. The van der Waals surface area contributed by atoms with Gasteiger partial charge in [-0.25, -0.2) is 14.5 Å². The van der Waals surface area contributed by atoms with E-state index in [0.717, 1.165) is 22.0 Å². The predicted molar refractivity (Wildman–Crippen MR) is 132 cm³/mol. The number of carbonyl (C=O) groups excluding carboxylic acids is 4. The van der Waals surface area contributed by atoms with E-state index in [1.54, 1.807) is 24.3 Å². The third kappa shape index (κ3) is 4.45. The van der Waals surface area contributed by atoms with Crippen LogP contribution in [0.4, 0.5) is 10.5 Å². The first-order valence-corrected chi connectivity index (χ1v) is 11.1. The van der Waals surface area contributed by atoms with Gasteiger partial charge in [-0.05, 0) is 74.0 Å². The number of barbiturate groups is 1. The van der Waals surface area contributed by atoms with Crippen LogP contribution in [0.3, 0.4) is 0 Å². The molecule has 1 aliphatic heterocycles. The van der Waals surface area contributed by atoms with E-state index < -0.39 is 23.8 Å². The number of hydrogen-bond acceptors (Lipinski definition) is 5. The molecule has 0 atom stereocenters. The topological polar surface area (TPSA) is 97.7 Å². The van der Waals surface area contributed by atoms with Gasteiger partial charge in [0.1, 0.15) is 5.57 Å². The van der Waals surface area contributed by atoms with Crippen LogP contribution in [0.1, 0.15) is 27.3 Å². The van der Waals surface area contributed by atoms with E-state index in [-0.39, 0.29) is 21.3 Å². The van der Waals surface area contributed by atoms with E-state index in [1.165, 1.54) is 31.4 Å². The lowest BCUT2D eigenvalue weighted by Gasteiger charge is -2.26. The first kappa shape index (κ1) is 24.3. The van der Waals surface area contributed by atoms with E-state index >= 15 is 0 Å². The van der Waals surface area contributed by atoms with Crippen molar-refractivity contribution >= 4 is 58.8 Å². The number of rotatable bonds is 4. The van der Waals surface area contributed by atoms with Crippen LogP contribution in [0, 0.1) is 13.8 Å². The summed E-state index contributed by atoms with van der Waals surface area (Å²) in [6.45, 7) is 3.71. The van der Waals surface area contributed by atoms with Crippen LogP contribution in [0.2, 0.25) is 10.0 Å². The summed E-state index contributed by atoms with van der Waals surface area (Å²) in [4.78, 5) is 50.8. The number of aryl methyl sites for hydroxylation is 1. The molecule has 35 heavy (non-hydrogen) atoms. The summed E-state index contributed by atoms with van der Waals surface area (Å²) < 4.78 is 6.65. The van der Waals surface area contributed by atoms with Crippen LogP contribution in [-0.4, -0.2) is 35.5 Å². The Labute approximate surface area is 210 Å². The van der Waals surface area contributed by atoms with E-state index in [4.69, 9.17) is 27.9 Å². The number of amides is 4. The van der Waals surface area contributed by atoms with Gasteiger partial charge in [0, 0.05) is 17.1 Å². The number of aromatic nitrogens is 1. The van der Waals surface area contributed by atoms with Gasteiger partial charge in [-0.15, -0.1) is 0 Å².